The second-order valence-corrected chi connectivity index (χ2v) is 5.57. The van der Waals surface area contributed by atoms with Gasteiger partial charge in [-0.15, -0.1) is 0 Å². The highest BCUT2D eigenvalue weighted by atomic mass is 32.1. The van der Waals surface area contributed by atoms with E-state index in [0.29, 0.717) is 12.2 Å². The van der Waals surface area contributed by atoms with Crippen LogP contribution in [0.4, 0.5) is 0 Å². The molecule has 0 aliphatic heterocycles. The first-order valence-electron chi connectivity index (χ1n) is 5.13. The number of thiol groups is 1. The van der Waals surface area contributed by atoms with Gasteiger partial charge in [-0.2, -0.15) is 12.6 Å². The van der Waals surface area contributed by atoms with Crippen molar-refractivity contribution in [3.05, 3.63) is 30.3 Å². The average molecular weight is 239 g/mol. The fourth-order valence-electron chi connectivity index (χ4n) is 1.30. The summed E-state index contributed by atoms with van der Waals surface area (Å²) in [4.78, 5) is 11.6. The summed E-state index contributed by atoms with van der Waals surface area (Å²) in [5.74, 6) is 0.0910. The molecule has 2 N–H and O–H groups in total. The normalized spacial score (nSPS) is 13.2. The summed E-state index contributed by atoms with van der Waals surface area (Å²) in [6.45, 7) is 3.82. The Hall–Kier alpha value is -1.00. The molecule has 0 heterocycles. The molecule has 1 atom stereocenters. The van der Waals surface area contributed by atoms with Crippen LogP contribution in [0.15, 0.2) is 30.3 Å². The summed E-state index contributed by atoms with van der Waals surface area (Å²) < 4.78 is 4.84. The number of hydrogen-bond acceptors (Lipinski definition) is 4. The van der Waals surface area contributed by atoms with E-state index in [1.165, 1.54) is 0 Å². The van der Waals surface area contributed by atoms with Gasteiger partial charge in [0.1, 0.15) is 11.8 Å². The first-order valence-corrected chi connectivity index (χ1v) is 5.58. The third-order valence-electron chi connectivity index (χ3n) is 1.98. The van der Waals surface area contributed by atoms with Crippen LogP contribution < -0.4 is 10.5 Å². The first-order chi connectivity index (χ1) is 7.38. The molecule has 1 aromatic rings. The van der Waals surface area contributed by atoms with Gasteiger partial charge >= 0.3 is 5.97 Å². The topological polar surface area (TPSA) is 52.3 Å². The molecule has 0 fully saturated rings. The Morgan fingerprint density at radius 3 is 2.50 bits per heavy atom. The molecular formula is C12H17NO2S. The highest BCUT2D eigenvalue weighted by molar-refractivity contribution is 7.81. The lowest BCUT2D eigenvalue weighted by Crippen LogP contribution is -2.38. The van der Waals surface area contributed by atoms with Crippen LogP contribution in [0.25, 0.3) is 0 Å². The molecule has 0 radical (unpaired) electrons. The van der Waals surface area contributed by atoms with Crippen molar-refractivity contribution in [3.8, 4) is 5.75 Å². The zero-order valence-electron chi connectivity index (χ0n) is 9.51. The summed E-state index contributed by atoms with van der Waals surface area (Å²) in [6, 6.07) is 8.25. The van der Waals surface area contributed by atoms with Crippen LogP contribution in [0.1, 0.15) is 20.3 Å². The van der Waals surface area contributed by atoms with Crippen LogP contribution in [0.2, 0.25) is 0 Å². The molecule has 1 unspecified atom stereocenters. The molecule has 88 valence electrons. The number of nitrogens with two attached hydrogens (primary N) is 1. The standard InChI is InChI=1S/C12H17NO2S/c1-12(2,16)8-10(13)11(14)15-9-6-4-3-5-7-9/h3-7,10,16H,8,13H2,1-2H3. The molecule has 1 rings (SSSR count). The van der Waals surface area contributed by atoms with E-state index in [9.17, 15) is 4.79 Å². The van der Waals surface area contributed by atoms with Gasteiger partial charge in [0.2, 0.25) is 0 Å². The quantitative estimate of drug-likeness (QED) is 0.480. The van der Waals surface area contributed by atoms with Gasteiger partial charge in [-0.1, -0.05) is 32.0 Å². The highest BCUT2D eigenvalue weighted by Gasteiger charge is 2.23. The maximum Gasteiger partial charge on any atom is 0.328 e. The molecule has 3 nitrogen and oxygen atoms in total. The number of carbonyl (C=O) groups excluding carboxylic acids is 1. The van der Waals surface area contributed by atoms with Crippen molar-refractivity contribution in [2.24, 2.45) is 5.73 Å². The Bertz CT molecular complexity index is 346. The second-order valence-electron chi connectivity index (χ2n) is 4.36. The first kappa shape index (κ1) is 13.1. The Morgan fingerprint density at radius 2 is 2.00 bits per heavy atom. The van der Waals surface area contributed by atoms with Gasteiger partial charge in [0, 0.05) is 4.75 Å². The second kappa shape index (κ2) is 5.37. The van der Waals surface area contributed by atoms with Gasteiger partial charge in [-0.3, -0.25) is 0 Å². The van der Waals surface area contributed by atoms with Gasteiger partial charge in [0.15, 0.2) is 0 Å². The zero-order chi connectivity index (χ0) is 12.2. The third-order valence-corrected chi connectivity index (χ3v) is 2.17. The Morgan fingerprint density at radius 1 is 1.44 bits per heavy atom. The molecule has 0 aromatic heterocycles. The maximum absolute atomic E-state index is 11.6. The average Bonchev–Trinajstić information content (AvgIpc) is 2.16. The summed E-state index contributed by atoms with van der Waals surface area (Å²) in [6.07, 6.45) is 0.474. The number of hydrogen-bond donors (Lipinski definition) is 2. The van der Waals surface area contributed by atoms with E-state index < -0.39 is 12.0 Å². The van der Waals surface area contributed by atoms with Crippen molar-refractivity contribution in [2.45, 2.75) is 31.1 Å². The van der Waals surface area contributed by atoms with Gasteiger partial charge in [-0.25, -0.2) is 4.79 Å². The number of ether oxygens (including phenoxy) is 1. The number of carbonyl (C=O) groups is 1. The van der Waals surface area contributed by atoms with Crippen LogP contribution in [-0.2, 0) is 4.79 Å². The van der Waals surface area contributed by atoms with Crippen molar-refractivity contribution >= 4 is 18.6 Å². The predicted octanol–water partition coefficient (Wildman–Crippen LogP) is 2.02. The fraction of sp³-hybridized carbons (Fsp3) is 0.417. The summed E-state index contributed by atoms with van der Waals surface area (Å²) >= 11 is 4.33. The number of para-hydroxylation sites is 1. The zero-order valence-corrected chi connectivity index (χ0v) is 10.4. The lowest BCUT2D eigenvalue weighted by atomic mass is 10.0. The lowest BCUT2D eigenvalue weighted by Gasteiger charge is -2.20. The Labute approximate surface area is 101 Å². The molecule has 0 aliphatic rings. The highest BCUT2D eigenvalue weighted by Crippen LogP contribution is 2.19. The maximum atomic E-state index is 11.6. The summed E-state index contributed by atoms with van der Waals surface area (Å²) in [7, 11) is 0. The Kier molecular flexibility index (Phi) is 4.38. The SMILES string of the molecule is CC(C)(S)CC(N)C(=O)Oc1ccccc1. The lowest BCUT2D eigenvalue weighted by molar-refractivity contribution is -0.136. The molecule has 0 aliphatic carbocycles. The van der Waals surface area contributed by atoms with Crippen molar-refractivity contribution in [3.63, 3.8) is 0 Å². The van der Waals surface area contributed by atoms with E-state index >= 15 is 0 Å². The van der Waals surface area contributed by atoms with Crippen molar-refractivity contribution in [2.75, 3.05) is 0 Å². The molecule has 16 heavy (non-hydrogen) atoms. The van der Waals surface area contributed by atoms with Gasteiger partial charge in [-0.05, 0) is 18.6 Å². The van der Waals surface area contributed by atoms with E-state index in [2.05, 4.69) is 12.6 Å². The monoisotopic (exact) mass is 239 g/mol. The van der Waals surface area contributed by atoms with E-state index in [1.54, 1.807) is 24.3 Å². The number of esters is 1. The molecule has 0 saturated heterocycles. The number of rotatable bonds is 4. The largest absolute Gasteiger partial charge is 0.425 e. The molecule has 0 spiro atoms. The third kappa shape index (κ3) is 4.68. The molecule has 0 bridgehead atoms. The van der Waals surface area contributed by atoms with Crippen molar-refractivity contribution < 1.29 is 9.53 Å². The van der Waals surface area contributed by atoms with Crippen molar-refractivity contribution in [1.29, 1.82) is 0 Å². The fourth-order valence-corrected chi connectivity index (χ4v) is 1.50. The summed E-state index contributed by atoms with van der Waals surface area (Å²) in [5.41, 5.74) is 5.73. The van der Waals surface area contributed by atoms with E-state index in [0.717, 1.165) is 0 Å². The van der Waals surface area contributed by atoms with Gasteiger partial charge < -0.3 is 10.5 Å². The van der Waals surface area contributed by atoms with Crippen LogP contribution in [0.5, 0.6) is 5.75 Å². The summed E-state index contributed by atoms with van der Waals surface area (Å²) in [5, 5.41) is 0. The Balaban J connectivity index is 2.53. The van der Waals surface area contributed by atoms with Crippen LogP contribution in [0.3, 0.4) is 0 Å². The molecule has 1 aromatic carbocycles. The van der Waals surface area contributed by atoms with Gasteiger partial charge in [0.25, 0.3) is 0 Å². The molecule has 0 saturated carbocycles. The molecule has 0 amide bonds. The van der Waals surface area contributed by atoms with Crippen molar-refractivity contribution in [1.82, 2.24) is 0 Å². The minimum Gasteiger partial charge on any atom is -0.425 e. The van der Waals surface area contributed by atoms with Crippen LogP contribution in [0, 0.1) is 0 Å². The smallest absolute Gasteiger partial charge is 0.328 e. The minimum atomic E-state index is -0.646. The van der Waals surface area contributed by atoms with Crippen LogP contribution >= 0.6 is 12.6 Å². The van der Waals surface area contributed by atoms with Gasteiger partial charge in [0.05, 0.1) is 0 Å². The molecule has 4 heteroatoms. The number of benzene rings is 1. The van der Waals surface area contributed by atoms with E-state index in [4.69, 9.17) is 10.5 Å². The predicted molar refractivity (Wildman–Crippen MR) is 67.7 cm³/mol. The van der Waals surface area contributed by atoms with E-state index in [1.807, 2.05) is 19.9 Å². The molecular weight excluding hydrogens is 222 g/mol. The van der Waals surface area contributed by atoms with Crippen LogP contribution in [-0.4, -0.2) is 16.8 Å². The van der Waals surface area contributed by atoms with E-state index in [-0.39, 0.29) is 4.75 Å². The minimum absolute atomic E-state index is 0.283.